The summed E-state index contributed by atoms with van der Waals surface area (Å²) in [6.07, 6.45) is 0. The van der Waals surface area contributed by atoms with E-state index in [4.69, 9.17) is 0 Å². The van der Waals surface area contributed by atoms with E-state index in [-0.39, 0.29) is 16.7 Å². The average Bonchev–Trinajstić information content (AvgIpc) is 2.17. The number of anilines is 2. The van der Waals surface area contributed by atoms with E-state index in [0.29, 0.717) is 0 Å². The molecule has 0 bridgehead atoms. The molecular weight excluding hydrogens is 185 g/mol. The van der Waals surface area contributed by atoms with Crippen molar-refractivity contribution in [2.45, 2.75) is 0 Å². The maximum atomic E-state index is 12.6. The summed E-state index contributed by atoms with van der Waals surface area (Å²) in [5.41, 5.74) is -0.263. The van der Waals surface area contributed by atoms with Crippen molar-refractivity contribution in [1.29, 1.82) is 0 Å². The highest BCUT2D eigenvalue weighted by Crippen LogP contribution is 2.21. The maximum absolute atomic E-state index is 12.6. The van der Waals surface area contributed by atoms with Crippen LogP contribution in [0.1, 0.15) is 0 Å². The summed E-state index contributed by atoms with van der Waals surface area (Å²) in [5, 5.41) is -1.08. The lowest BCUT2D eigenvalue weighted by molar-refractivity contribution is 0.0597. The van der Waals surface area contributed by atoms with Gasteiger partial charge in [-0.15, -0.1) is 0 Å². The van der Waals surface area contributed by atoms with Gasteiger partial charge in [-0.25, -0.2) is 4.84 Å². The summed E-state index contributed by atoms with van der Waals surface area (Å²) in [5.74, 6) is 0. The van der Waals surface area contributed by atoms with Gasteiger partial charge >= 0.3 is 0 Å². The second-order valence-electron chi connectivity index (χ2n) is 2.18. The van der Waals surface area contributed by atoms with Gasteiger partial charge < -0.3 is 0 Å². The van der Waals surface area contributed by atoms with Crippen molar-refractivity contribution in [3.05, 3.63) is 24.3 Å². The molecule has 0 aliphatic carbocycles. The van der Waals surface area contributed by atoms with Crippen molar-refractivity contribution in [1.82, 2.24) is 0 Å². The van der Waals surface area contributed by atoms with Gasteiger partial charge in [0.25, 0.3) is 0 Å². The minimum atomic E-state index is -1.06. The zero-order valence-electron chi connectivity index (χ0n) is 6.75. The molecule has 0 spiro atoms. The number of hydrogen-bond acceptors (Lipinski definition) is 3. The fourth-order valence-corrected chi connectivity index (χ4v) is 0.788. The molecule has 0 N–H and O–H groups in total. The number of benzene rings is 1. The Balaban J connectivity index is 2.81. The van der Waals surface area contributed by atoms with Crippen LogP contribution in [0.4, 0.5) is 24.8 Å². The lowest BCUT2D eigenvalue weighted by Crippen LogP contribution is -2.08. The van der Waals surface area contributed by atoms with E-state index in [1.807, 2.05) is 0 Å². The first-order chi connectivity index (χ1) is 6.15. The van der Waals surface area contributed by atoms with Gasteiger partial charge in [0.05, 0.1) is 7.11 Å². The van der Waals surface area contributed by atoms with E-state index in [1.54, 1.807) is 0 Å². The fourth-order valence-electron chi connectivity index (χ4n) is 0.788. The van der Waals surface area contributed by atoms with Gasteiger partial charge in [0.2, 0.25) is 0 Å². The lowest BCUT2D eigenvalue weighted by Gasteiger charge is -2.10. The topological polar surface area (TPSA) is 15.7 Å². The number of halogens is 3. The summed E-state index contributed by atoms with van der Waals surface area (Å²) in [7, 11) is 1.13. The SMILES string of the molecule is CON(F)c1ccc(N(F)F)cc1. The van der Waals surface area contributed by atoms with E-state index in [9.17, 15) is 13.4 Å². The van der Waals surface area contributed by atoms with Crippen LogP contribution in [0.3, 0.4) is 0 Å². The predicted molar refractivity (Wildman–Crippen MR) is 41.7 cm³/mol. The zero-order chi connectivity index (χ0) is 9.84. The molecule has 0 radical (unpaired) electrons. The number of hydrogen-bond donors (Lipinski definition) is 0. The smallest absolute Gasteiger partial charge is 0.105 e. The third-order valence-electron chi connectivity index (χ3n) is 1.41. The monoisotopic (exact) mass is 192 g/mol. The highest BCUT2D eigenvalue weighted by atomic mass is 19.4. The largest absolute Gasteiger partial charge is 0.248 e. The Morgan fingerprint density at radius 1 is 1.00 bits per heavy atom. The minimum Gasteiger partial charge on any atom is -0.248 e. The van der Waals surface area contributed by atoms with Crippen LogP contribution >= 0.6 is 0 Å². The van der Waals surface area contributed by atoms with Crippen molar-refractivity contribution in [2.75, 3.05) is 17.7 Å². The van der Waals surface area contributed by atoms with Gasteiger partial charge in [-0.05, 0) is 29.6 Å². The molecule has 0 aliphatic rings. The molecule has 1 aromatic rings. The van der Waals surface area contributed by atoms with Gasteiger partial charge in [-0.2, -0.15) is 0 Å². The molecule has 3 nitrogen and oxygen atoms in total. The van der Waals surface area contributed by atoms with Crippen LogP contribution in [0.25, 0.3) is 0 Å². The first-order valence-electron chi connectivity index (χ1n) is 3.37. The van der Waals surface area contributed by atoms with Crippen molar-refractivity contribution in [3.8, 4) is 0 Å². The van der Waals surface area contributed by atoms with Crippen molar-refractivity contribution >= 4 is 11.4 Å². The zero-order valence-corrected chi connectivity index (χ0v) is 6.75. The van der Waals surface area contributed by atoms with Crippen LogP contribution in [-0.2, 0) is 4.84 Å². The Morgan fingerprint density at radius 2 is 1.46 bits per heavy atom. The quantitative estimate of drug-likeness (QED) is 0.540. The van der Waals surface area contributed by atoms with E-state index < -0.39 is 5.34 Å². The molecule has 0 fully saturated rings. The third kappa shape index (κ3) is 2.25. The van der Waals surface area contributed by atoms with Gasteiger partial charge in [-0.3, -0.25) is 0 Å². The molecule has 0 saturated heterocycles. The first-order valence-corrected chi connectivity index (χ1v) is 3.37. The van der Waals surface area contributed by atoms with Crippen LogP contribution in [0.5, 0.6) is 0 Å². The highest BCUT2D eigenvalue weighted by Gasteiger charge is 2.06. The Morgan fingerprint density at radius 3 is 1.85 bits per heavy atom. The summed E-state index contributed by atoms with van der Waals surface area (Å²) < 4.78 is 36.4. The Kier molecular flexibility index (Phi) is 2.97. The number of nitrogens with zero attached hydrogens (tertiary/aromatic N) is 2. The molecule has 0 amide bonds. The van der Waals surface area contributed by atoms with E-state index >= 15 is 0 Å². The molecule has 0 atom stereocenters. The van der Waals surface area contributed by atoms with Gasteiger partial charge in [0, 0.05) is 0 Å². The van der Waals surface area contributed by atoms with E-state index in [2.05, 4.69) is 4.84 Å². The van der Waals surface area contributed by atoms with Crippen LogP contribution in [0.2, 0.25) is 0 Å². The third-order valence-corrected chi connectivity index (χ3v) is 1.41. The molecule has 0 unspecified atom stereocenters. The highest BCUT2D eigenvalue weighted by molar-refractivity contribution is 5.51. The van der Waals surface area contributed by atoms with Crippen LogP contribution in [0.15, 0.2) is 24.3 Å². The van der Waals surface area contributed by atoms with Crippen molar-refractivity contribution in [2.24, 2.45) is 0 Å². The second-order valence-corrected chi connectivity index (χ2v) is 2.18. The molecule has 6 heteroatoms. The van der Waals surface area contributed by atoms with Gasteiger partial charge in [-0.1, -0.05) is 18.7 Å². The van der Waals surface area contributed by atoms with Crippen LogP contribution in [-0.4, -0.2) is 7.11 Å². The summed E-state index contributed by atoms with van der Waals surface area (Å²) in [4.78, 5) is 4.20. The summed E-state index contributed by atoms with van der Waals surface area (Å²) >= 11 is 0. The summed E-state index contributed by atoms with van der Waals surface area (Å²) in [6.45, 7) is 0. The van der Waals surface area contributed by atoms with E-state index in [0.717, 1.165) is 19.2 Å². The molecule has 0 saturated carbocycles. The Hall–Kier alpha value is -1.43. The van der Waals surface area contributed by atoms with E-state index in [1.165, 1.54) is 12.1 Å². The van der Waals surface area contributed by atoms with Crippen LogP contribution in [0, 0.1) is 0 Å². The lowest BCUT2D eigenvalue weighted by atomic mass is 10.3. The van der Waals surface area contributed by atoms with Crippen LogP contribution < -0.4 is 10.6 Å². The molecule has 13 heavy (non-hydrogen) atoms. The Labute approximate surface area is 72.7 Å². The molecular formula is C7H7F3N2O. The number of rotatable bonds is 3. The molecule has 0 aromatic heterocycles. The van der Waals surface area contributed by atoms with Crippen molar-refractivity contribution < 1.29 is 18.3 Å². The average molecular weight is 192 g/mol. The molecule has 72 valence electrons. The molecule has 0 heterocycles. The fraction of sp³-hybridized carbons (Fsp3) is 0.143. The molecule has 1 aromatic carbocycles. The maximum Gasteiger partial charge on any atom is 0.105 e. The van der Waals surface area contributed by atoms with Gasteiger partial charge in [0.1, 0.15) is 11.4 Å². The minimum absolute atomic E-state index is 0.0232. The Bertz CT molecular complexity index is 265. The normalized spacial score (nSPS) is 9.85. The summed E-state index contributed by atoms with van der Waals surface area (Å²) in [6, 6.07) is 4.48. The molecule has 1 rings (SSSR count). The second kappa shape index (κ2) is 3.99. The van der Waals surface area contributed by atoms with Crippen molar-refractivity contribution in [3.63, 3.8) is 0 Å². The first kappa shape index (κ1) is 9.66. The van der Waals surface area contributed by atoms with Gasteiger partial charge in [0.15, 0.2) is 0 Å². The predicted octanol–water partition coefficient (Wildman–Crippen LogP) is 2.51. The standard InChI is InChI=1S/C7H7F3N2O/c1-13-12(10)7-4-2-6(3-5-7)11(8)9/h2-5H,1H3. The molecule has 0 aliphatic heterocycles.